The fourth-order valence-electron chi connectivity index (χ4n) is 6.00. The highest BCUT2D eigenvalue weighted by Crippen LogP contribution is 2.38. The highest BCUT2D eigenvalue weighted by Gasteiger charge is 2.30. The fraction of sp³-hybridized carbons (Fsp3) is 0.464. The summed E-state index contributed by atoms with van der Waals surface area (Å²) in [5, 5.41) is 2.06. The van der Waals surface area contributed by atoms with Crippen molar-refractivity contribution >= 4 is 46.5 Å². The van der Waals surface area contributed by atoms with E-state index in [1.54, 1.807) is 0 Å². The van der Waals surface area contributed by atoms with Crippen LogP contribution in [0.4, 0.5) is 5.69 Å². The third kappa shape index (κ3) is 4.78. The third-order valence-electron chi connectivity index (χ3n) is 7.76. The number of halogens is 2. The summed E-state index contributed by atoms with van der Waals surface area (Å²) in [6.45, 7) is 8.42. The van der Waals surface area contributed by atoms with Gasteiger partial charge in [0.2, 0.25) is 5.91 Å². The lowest BCUT2D eigenvalue weighted by Gasteiger charge is -2.42. The Hall–Kier alpha value is -2.21. The molecule has 188 valence electrons. The molecule has 3 aromatic rings. The number of anilines is 1. The standard InChI is InChI=1S/C28H35ClN4O.ClH/c1-3-7-27(32-16-14-31(15-17-32)24-11-6-9-23(29)19(24)2)33-25-10-5-4-8-21(25)22-18-20(28(30)34)12-13-26(22)33;/h6,9,11-13,18,27H,3-5,7-8,10,14-17H2,1-2H3,(H2,30,34);1H. The molecule has 1 aliphatic heterocycles. The van der Waals surface area contributed by atoms with Gasteiger partial charge < -0.3 is 15.2 Å². The number of fused-ring (bicyclic) bond motifs is 3. The Labute approximate surface area is 219 Å². The number of benzene rings is 2. The molecule has 5 nitrogen and oxygen atoms in total. The van der Waals surface area contributed by atoms with E-state index in [1.807, 2.05) is 18.2 Å². The normalized spacial score (nSPS) is 17.2. The molecule has 0 saturated carbocycles. The number of hydrogen-bond donors (Lipinski definition) is 1. The Bertz CT molecular complexity index is 1210. The maximum absolute atomic E-state index is 11.9. The lowest BCUT2D eigenvalue weighted by atomic mass is 9.95. The molecular formula is C28H36Cl2N4O. The van der Waals surface area contributed by atoms with Gasteiger partial charge >= 0.3 is 0 Å². The number of rotatable bonds is 6. The Morgan fingerprint density at radius 2 is 1.83 bits per heavy atom. The minimum Gasteiger partial charge on any atom is -0.369 e. The number of primary amides is 1. The van der Waals surface area contributed by atoms with E-state index in [0.29, 0.717) is 11.7 Å². The number of nitrogens with zero attached hydrogens (tertiary/aromatic N) is 3. The van der Waals surface area contributed by atoms with Crippen molar-refractivity contribution in [2.24, 2.45) is 5.73 Å². The molecule has 0 spiro atoms. The Balaban J connectivity index is 0.00000289. The summed E-state index contributed by atoms with van der Waals surface area (Å²) in [4.78, 5) is 17.0. The van der Waals surface area contributed by atoms with Gasteiger partial charge in [0, 0.05) is 59.0 Å². The Morgan fingerprint density at radius 1 is 1.09 bits per heavy atom. The molecular weight excluding hydrogens is 479 g/mol. The molecule has 2 heterocycles. The first-order valence-electron chi connectivity index (χ1n) is 12.7. The number of carbonyl (C=O) groups is 1. The predicted octanol–water partition coefficient (Wildman–Crippen LogP) is 6.12. The van der Waals surface area contributed by atoms with Crippen molar-refractivity contribution in [1.82, 2.24) is 9.47 Å². The quantitative estimate of drug-likeness (QED) is 0.430. The highest BCUT2D eigenvalue weighted by atomic mass is 35.5. The zero-order chi connectivity index (χ0) is 23.8. The highest BCUT2D eigenvalue weighted by molar-refractivity contribution is 6.31. The van der Waals surface area contributed by atoms with Gasteiger partial charge in [-0.3, -0.25) is 9.69 Å². The summed E-state index contributed by atoms with van der Waals surface area (Å²) in [6, 6.07) is 12.3. The summed E-state index contributed by atoms with van der Waals surface area (Å²) in [5.41, 5.74) is 12.8. The van der Waals surface area contributed by atoms with Crippen LogP contribution >= 0.6 is 24.0 Å². The first-order valence-corrected chi connectivity index (χ1v) is 13.1. The van der Waals surface area contributed by atoms with Crippen molar-refractivity contribution < 1.29 is 4.79 Å². The van der Waals surface area contributed by atoms with Gasteiger partial charge in [-0.2, -0.15) is 0 Å². The minimum atomic E-state index is -0.350. The second-order valence-electron chi connectivity index (χ2n) is 9.77. The Kier molecular flexibility index (Phi) is 7.99. The van der Waals surface area contributed by atoms with Gasteiger partial charge in [-0.05, 0) is 80.5 Å². The molecule has 1 unspecified atom stereocenters. The summed E-state index contributed by atoms with van der Waals surface area (Å²) in [6.07, 6.45) is 7.21. The van der Waals surface area contributed by atoms with E-state index in [0.717, 1.165) is 56.9 Å². The summed E-state index contributed by atoms with van der Waals surface area (Å²) in [5.74, 6) is -0.350. The number of amides is 1. The first kappa shape index (κ1) is 25.9. The molecule has 5 rings (SSSR count). The molecule has 2 aliphatic rings. The topological polar surface area (TPSA) is 54.5 Å². The van der Waals surface area contributed by atoms with E-state index in [4.69, 9.17) is 17.3 Å². The van der Waals surface area contributed by atoms with E-state index in [2.05, 4.69) is 46.4 Å². The van der Waals surface area contributed by atoms with Crippen LogP contribution in [-0.4, -0.2) is 41.6 Å². The lowest BCUT2D eigenvalue weighted by Crippen LogP contribution is -2.49. The van der Waals surface area contributed by atoms with Gasteiger partial charge in [-0.1, -0.05) is 31.0 Å². The van der Waals surface area contributed by atoms with E-state index in [-0.39, 0.29) is 18.3 Å². The van der Waals surface area contributed by atoms with Crippen molar-refractivity contribution in [2.75, 3.05) is 31.1 Å². The van der Waals surface area contributed by atoms with Crippen molar-refractivity contribution in [1.29, 1.82) is 0 Å². The van der Waals surface area contributed by atoms with Gasteiger partial charge in [-0.15, -0.1) is 12.4 Å². The van der Waals surface area contributed by atoms with E-state index < -0.39 is 0 Å². The van der Waals surface area contributed by atoms with Crippen LogP contribution in [0.3, 0.4) is 0 Å². The third-order valence-corrected chi connectivity index (χ3v) is 8.17. The van der Waals surface area contributed by atoms with Crippen LogP contribution in [0.1, 0.15) is 66.0 Å². The predicted molar refractivity (Wildman–Crippen MR) is 148 cm³/mol. The maximum atomic E-state index is 11.9. The second kappa shape index (κ2) is 10.8. The number of aromatic nitrogens is 1. The van der Waals surface area contributed by atoms with Crippen LogP contribution in [0.25, 0.3) is 10.9 Å². The van der Waals surface area contributed by atoms with Gasteiger partial charge in [0.15, 0.2) is 0 Å². The second-order valence-corrected chi connectivity index (χ2v) is 10.2. The molecule has 0 bridgehead atoms. The average Bonchev–Trinajstić information content (AvgIpc) is 3.18. The largest absolute Gasteiger partial charge is 0.369 e. The molecule has 2 N–H and O–H groups in total. The smallest absolute Gasteiger partial charge is 0.248 e. The van der Waals surface area contributed by atoms with Crippen molar-refractivity contribution in [3.8, 4) is 0 Å². The monoisotopic (exact) mass is 514 g/mol. The zero-order valence-corrected chi connectivity index (χ0v) is 22.3. The van der Waals surface area contributed by atoms with Crippen LogP contribution in [0.2, 0.25) is 5.02 Å². The van der Waals surface area contributed by atoms with Crippen LogP contribution in [0.5, 0.6) is 0 Å². The van der Waals surface area contributed by atoms with Crippen molar-refractivity contribution in [3.63, 3.8) is 0 Å². The van der Waals surface area contributed by atoms with Gasteiger partial charge in [0.05, 0.1) is 6.17 Å². The number of carbonyl (C=O) groups excluding carboxylic acids is 1. The summed E-state index contributed by atoms with van der Waals surface area (Å²) in [7, 11) is 0. The van der Waals surface area contributed by atoms with Crippen LogP contribution in [0, 0.1) is 6.92 Å². The molecule has 1 amide bonds. The maximum Gasteiger partial charge on any atom is 0.248 e. The fourth-order valence-corrected chi connectivity index (χ4v) is 6.17. The first-order chi connectivity index (χ1) is 16.5. The van der Waals surface area contributed by atoms with Gasteiger partial charge in [0.25, 0.3) is 0 Å². The minimum absolute atomic E-state index is 0. The molecule has 1 aromatic heterocycles. The average molecular weight is 516 g/mol. The number of piperazine rings is 1. The van der Waals surface area contributed by atoms with Crippen LogP contribution in [0.15, 0.2) is 36.4 Å². The number of nitrogens with two attached hydrogens (primary N) is 1. The molecule has 7 heteroatoms. The molecule has 0 radical (unpaired) electrons. The Morgan fingerprint density at radius 3 is 2.54 bits per heavy atom. The summed E-state index contributed by atoms with van der Waals surface area (Å²) >= 11 is 6.41. The number of aryl methyl sites for hydroxylation is 1. The molecule has 1 fully saturated rings. The lowest BCUT2D eigenvalue weighted by molar-refractivity contribution is 0.100. The van der Waals surface area contributed by atoms with E-state index in [9.17, 15) is 4.79 Å². The zero-order valence-electron chi connectivity index (χ0n) is 20.7. The SMILES string of the molecule is CCCC(N1CCN(c2cccc(Cl)c2C)CC1)n1c2c(c3cc(C(N)=O)ccc31)CCCC2.Cl. The van der Waals surface area contributed by atoms with E-state index in [1.165, 1.54) is 46.3 Å². The van der Waals surface area contributed by atoms with E-state index >= 15 is 0 Å². The molecule has 1 atom stereocenters. The molecule has 1 saturated heterocycles. The van der Waals surface area contributed by atoms with Gasteiger partial charge in [-0.25, -0.2) is 0 Å². The molecule has 2 aromatic carbocycles. The van der Waals surface area contributed by atoms with Gasteiger partial charge in [0.1, 0.15) is 0 Å². The van der Waals surface area contributed by atoms with Crippen LogP contribution in [-0.2, 0) is 12.8 Å². The molecule has 1 aliphatic carbocycles. The van der Waals surface area contributed by atoms with Crippen molar-refractivity contribution in [3.05, 3.63) is 63.8 Å². The van der Waals surface area contributed by atoms with Crippen molar-refractivity contribution in [2.45, 2.75) is 58.5 Å². The number of hydrogen-bond acceptors (Lipinski definition) is 3. The molecule has 35 heavy (non-hydrogen) atoms. The van der Waals surface area contributed by atoms with Crippen LogP contribution < -0.4 is 10.6 Å². The summed E-state index contributed by atoms with van der Waals surface area (Å²) < 4.78 is 2.61.